The van der Waals surface area contributed by atoms with E-state index in [0.717, 1.165) is 17.7 Å². The number of carbonyl (C=O) groups is 2. The van der Waals surface area contributed by atoms with Crippen molar-refractivity contribution in [1.29, 1.82) is 0 Å². The molecule has 2 aromatic carbocycles. The SMILES string of the molecule is CCCOc1ccc(C2=C(Nc3ccc(C)c(Cl)c3)C(=O)N(C(C)C)C2=O)cc1. The highest BCUT2D eigenvalue weighted by atomic mass is 35.5. The van der Waals surface area contributed by atoms with Crippen LogP contribution in [0, 0.1) is 6.92 Å². The van der Waals surface area contributed by atoms with Gasteiger partial charge in [0.1, 0.15) is 11.4 Å². The van der Waals surface area contributed by atoms with Gasteiger partial charge in [-0.05, 0) is 62.6 Å². The molecule has 2 aromatic rings. The van der Waals surface area contributed by atoms with E-state index < -0.39 is 0 Å². The van der Waals surface area contributed by atoms with Crippen molar-refractivity contribution >= 4 is 34.7 Å². The second-order valence-corrected chi connectivity index (χ2v) is 7.69. The zero-order valence-corrected chi connectivity index (χ0v) is 17.8. The van der Waals surface area contributed by atoms with E-state index in [1.165, 1.54) is 4.90 Å². The summed E-state index contributed by atoms with van der Waals surface area (Å²) in [5.74, 6) is 0.0736. The fourth-order valence-corrected chi connectivity index (χ4v) is 3.33. The average Bonchev–Trinajstić information content (AvgIpc) is 2.93. The molecule has 1 N–H and O–H groups in total. The molecule has 0 aromatic heterocycles. The maximum absolute atomic E-state index is 13.1. The Morgan fingerprint density at radius 2 is 1.76 bits per heavy atom. The minimum absolute atomic E-state index is 0.252. The summed E-state index contributed by atoms with van der Waals surface area (Å²) in [6.45, 7) is 8.21. The number of hydrogen-bond donors (Lipinski definition) is 1. The second kappa shape index (κ2) is 8.70. The summed E-state index contributed by atoms with van der Waals surface area (Å²) in [5.41, 5.74) is 2.86. The number of imide groups is 1. The molecule has 0 aliphatic carbocycles. The van der Waals surface area contributed by atoms with E-state index in [-0.39, 0.29) is 23.6 Å². The lowest BCUT2D eigenvalue weighted by molar-refractivity contribution is -0.138. The van der Waals surface area contributed by atoms with Gasteiger partial charge in [-0.2, -0.15) is 0 Å². The van der Waals surface area contributed by atoms with Crippen molar-refractivity contribution < 1.29 is 14.3 Å². The van der Waals surface area contributed by atoms with Gasteiger partial charge in [0.2, 0.25) is 0 Å². The Morgan fingerprint density at radius 1 is 1.07 bits per heavy atom. The number of anilines is 1. The molecule has 0 fully saturated rings. The van der Waals surface area contributed by atoms with Gasteiger partial charge in [0, 0.05) is 16.8 Å². The van der Waals surface area contributed by atoms with E-state index in [9.17, 15) is 9.59 Å². The minimum atomic E-state index is -0.344. The van der Waals surface area contributed by atoms with Crippen molar-refractivity contribution in [1.82, 2.24) is 4.90 Å². The number of aryl methyl sites for hydroxylation is 1. The number of nitrogens with zero attached hydrogens (tertiary/aromatic N) is 1. The Hall–Kier alpha value is -2.79. The van der Waals surface area contributed by atoms with Gasteiger partial charge in [0.25, 0.3) is 11.8 Å². The number of nitrogens with one attached hydrogen (secondary N) is 1. The molecule has 0 atom stereocenters. The number of benzene rings is 2. The molecule has 0 spiro atoms. The predicted octanol–water partition coefficient (Wildman–Crippen LogP) is 5.04. The molecule has 1 aliphatic rings. The average molecular weight is 413 g/mol. The van der Waals surface area contributed by atoms with Crippen LogP contribution in [0.4, 0.5) is 5.69 Å². The molecular weight excluding hydrogens is 388 g/mol. The van der Waals surface area contributed by atoms with Gasteiger partial charge in [-0.15, -0.1) is 0 Å². The maximum Gasteiger partial charge on any atom is 0.278 e. The zero-order valence-electron chi connectivity index (χ0n) is 17.1. The largest absolute Gasteiger partial charge is 0.494 e. The molecular formula is C23H25ClN2O3. The van der Waals surface area contributed by atoms with Crippen molar-refractivity contribution in [2.75, 3.05) is 11.9 Å². The number of halogens is 1. The predicted molar refractivity (Wildman–Crippen MR) is 116 cm³/mol. The van der Waals surface area contributed by atoms with Crippen molar-refractivity contribution in [3.8, 4) is 5.75 Å². The molecule has 29 heavy (non-hydrogen) atoms. The van der Waals surface area contributed by atoms with Crippen LogP contribution in [0.2, 0.25) is 5.02 Å². The van der Waals surface area contributed by atoms with Crippen molar-refractivity contribution in [2.24, 2.45) is 0 Å². The summed E-state index contributed by atoms with van der Waals surface area (Å²) >= 11 is 6.22. The molecule has 0 unspecified atom stereocenters. The molecule has 2 amide bonds. The van der Waals surface area contributed by atoms with E-state index in [1.807, 2.05) is 52.0 Å². The molecule has 0 saturated carbocycles. The Balaban J connectivity index is 2.02. The number of hydrogen-bond acceptors (Lipinski definition) is 4. The molecule has 6 heteroatoms. The lowest BCUT2D eigenvalue weighted by Gasteiger charge is -2.19. The number of amides is 2. The van der Waals surface area contributed by atoms with Crippen LogP contribution in [0.3, 0.4) is 0 Å². The van der Waals surface area contributed by atoms with E-state index >= 15 is 0 Å². The van der Waals surface area contributed by atoms with Gasteiger partial charge in [-0.25, -0.2) is 0 Å². The lowest BCUT2D eigenvalue weighted by Crippen LogP contribution is -2.38. The number of ether oxygens (including phenoxy) is 1. The fraction of sp³-hybridized carbons (Fsp3) is 0.304. The highest BCUT2D eigenvalue weighted by Crippen LogP contribution is 2.33. The molecule has 0 bridgehead atoms. The first-order valence-corrected chi connectivity index (χ1v) is 10.1. The fourth-order valence-electron chi connectivity index (χ4n) is 3.15. The topological polar surface area (TPSA) is 58.6 Å². The van der Waals surface area contributed by atoms with Crippen LogP contribution >= 0.6 is 11.6 Å². The smallest absolute Gasteiger partial charge is 0.278 e. The van der Waals surface area contributed by atoms with E-state index in [2.05, 4.69) is 5.32 Å². The zero-order chi connectivity index (χ0) is 21.1. The van der Waals surface area contributed by atoms with Gasteiger partial charge in [-0.1, -0.05) is 36.7 Å². The Labute approximate surface area is 176 Å². The van der Waals surface area contributed by atoms with Crippen LogP contribution in [0.5, 0.6) is 5.75 Å². The second-order valence-electron chi connectivity index (χ2n) is 7.29. The summed E-state index contributed by atoms with van der Waals surface area (Å²) in [5, 5.41) is 3.71. The molecule has 5 nitrogen and oxygen atoms in total. The minimum Gasteiger partial charge on any atom is -0.494 e. The summed E-state index contributed by atoms with van der Waals surface area (Å²) in [6, 6.07) is 12.4. The third kappa shape index (κ3) is 4.30. The van der Waals surface area contributed by atoms with Gasteiger partial charge < -0.3 is 10.1 Å². The van der Waals surface area contributed by atoms with Gasteiger partial charge >= 0.3 is 0 Å². The van der Waals surface area contributed by atoms with Crippen LogP contribution < -0.4 is 10.1 Å². The standard InChI is InChI=1S/C23H25ClN2O3/c1-5-12-29-18-10-7-16(8-11-18)20-21(23(28)26(14(2)3)22(20)27)25-17-9-6-15(4)19(24)13-17/h6-11,13-14,25H,5,12H2,1-4H3. The van der Waals surface area contributed by atoms with E-state index in [0.29, 0.717) is 28.5 Å². The highest BCUT2D eigenvalue weighted by Gasteiger charge is 2.40. The van der Waals surface area contributed by atoms with Crippen LogP contribution in [-0.4, -0.2) is 29.4 Å². The molecule has 1 aliphatic heterocycles. The summed E-state index contributed by atoms with van der Waals surface area (Å²) in [7, 11) is 0. The normalized spacial score (nSPS) is 14.2. The van der Waals surface area contributed by atoms with Crippen LogP contribution in [0.1, 0.15) is 38.3 Å². The first-order chi connectivity index (χ1) is 13.8. The lowest BCUT2D eigenvalue weighted by atomic mass is 10.0. The molecule has 0 saturated heterocycles. The van der Waals surface area contributed by atoms with Crippen LogP contribution in [0.25, 0.3) is 5.57 Å². The van der Waals surface area contributed by atoms with Gasteiger partial charge in [0.05, 0.1) is 12.2 Å². The maximum atomic E-state index is 13.1. The van der Waals surface area contributed by atoms with Crippen LogP contribution in [-0.2, 0) is 9.59 Å². The molecule has 152 valence electrons. The summed E-state index contributed by atoms with van der Waals surface area (Å²) in [4.78, 5) is 27.4. The highest BCUT2D eigenvalue weighted by molar-refractivity contribution is 6.36. The van der Waals surface area contributed by atoms with Crippen molar-refractivity contribution in [3.05, 3.63) is 64.3 Å². The van der Waals surface area contributed by atoms with Crippen molar-refractivity contribution in [2.45, 2.75) is 40.2 Å². The number of rotatable bonds is 7. The van der Waals surface area contributed by atoms with Gasteiger partial charge in [-0.3, -0.25) is 14.5 Å². The summed E-state index contributed by atoms with van der Waals surface area (Å²) in [6.07, 6.45) is 0.913. The van der Waals surface area contributed by atoms with E-state index in [4.69, 9.17) is 16.3 Å². The van der Waals surface area contributed by atoms with Crippen LogP contribution in [0.15, 0.2) is 48.2 Å². The van der Waals surface area contributed by atoms with E-state index in [1.54, 1.807) is 18.2 Å². The number of carbonyl (C=O) groups excluding carboxylic acids is 2. The van der Waals surface area contributed by atoms with Gasteiger partial charge in [0.15, 0.2) is 0 Å². The third-order valence-electron chi connectivity index (χ3n) is 4.69. The molecule has 1 heterocycles. The Bertz CT molecular complexity index is 965. The first-order valence-electron chi connectivity index (χ1n) is 9.72. The van der Waals surface area contributed by atoms with Crippen molar-refractivity contribution in [3.63, 3.8) is 0 Å². The Kier molecular flexibility index (Phi) is 6.28. The monoisotopic (exact) mass is 412 g/mol. The molecule has 3 rings (SSSR count). The first kappa shape index (κ1) is 20.9. The third-order valence-corrected chi connectivity index (χ3v) is 5.10. The molecule has 0 radical (unpaired) electrons. The Morgan fingerprint density at radius 3 is 2.34 bits per heavy atom. The summed E-state index contributed by atoms with van der Waals surface area (Å²) < 4.78 is 5.62. The quantitative estimate of drug-likeness (QED) is 0.647.